The van der Waals surface area contributed by atoms with E-state index in [1.807, 2.05) is 0 Å². The molecule has 27 heavy (non-hydrogen) atoms. The van der Waals surface area contributed by atoms with E-state index in [9.17, 15) is 4.79 Å². The average Bonchev–Trinajstić information content (AvgIpc) is 2.95. The molecule has 0 amide bonds. The van der Waals surface area contributed by atoms with Crippen LogP contribution in [0.2, 0.25) is 0 Å². The number of hydrogen-bond donors (Lipinski definition) is 0. The fourth-order valence-corrected chi connectivity index (χ4v) is 6.63. The number of rotatable bonds is 2. The SMILES string of the molecule is COC(=O)C1C(C2CCC(C#CC3CCCCC3)CC2)CC2CCC1N2C. The van der Waals surface area contributed by atoms with Crippen LogP contribution < -0.4 is 0 Å². The van der Waals surface area contributed by atoms with Crippen LogP contribution in [0, 0.1) is 41.4 Å². The molecule has 2 aliphatic heterocycles. The van der Waals surface area contributed by atoms with E-state index in [0.717, 1.165) is 0 Å². The minimum absolute atomic E-state index is 0.0383. The molecule has 0 radical (unpaired) electrons. The van der Waals surface area contributed by atoms with E-state index < -0.39 is 0 Å². The molecule has 2 bridgehead atoms. The quantitative estimate of drug-likeness (QED) is 0.523. The van der Waals surface area contributed by atoms with Gasteiger partial charge in [-0.05, 0) is 76.7 Å². The summed E-state index contributed by atoms with van der Waals surface area (Å²) in [7, 11) is 3.78. The predicted molar refractivity (Wildman–Crippen MR) is 108 cm³/mol. The van der Waals surface area contributed by atoms with Crippen LogP contribution in [-0.4, -0.2) is 37.1 Å². The maximum absolute atomic E-state index is 12.6. The van der Waals surface area contributed by atoms with Gasteiger partial charge in [0.2, 0.25) is 0 Å². The maximum atomic E-state index is 12.6. The highest BCUT2D eigenvalue weighted by atomic mass is 16.5. The number of piperidine rings is 1. The standard InChI is InChI=1S/C24H37NO2/c1-25-20-14-15-22(25)23(24(26)27-2)21(16-20)19-12-10-18(11-13-19)9-8-17-6-4-3-5-7-17/h17-23H,3-7,10-16H2,1-2H3. The third-order valence-electron chi connectivity index (χ3n) is 8.26. The van der Waals surface area contributed by atoms with Crippen molar-refractivity contribution in [1.82, 2.24) is 4.90 Å². The highest BCUT2D eigenvalue weighted by Gasteiger charge is 2.51. The van der Waals surface area contributed by atoms with Crippen LogP contribution in [0.1, 0.15) is 77.0 Å². The van der Waals surface area contributed by atoms with Crippen molar-refractivity contribution in [1.29, 1.82) is 0 Å². The summed E-state index contributed by atoms with van der Waals surface area (Å²) in [6.07, 6.45) is 15.4. The average molecular weight is 372 g/mol. The molecule has 150 valence electrons. The molecule has 3 heteroatoms. The number of ether oxygens (including phenoxy) is 1. The minimum atomic E-state index is 0.0383. The van der Waals surface area contributed by atoms with Crippen LogP contribution in [0.15, 0.2) is 0 Å². The molecular weight excluding hydrogens is 334 g/mol. The van der Waals surface area contributed by atoms with Crippen LogP contribution in [0.3, 0.4) is 0 Å². The Bertz CT molecular complexity index is 577. The van der Waals surface area contributed by atoms with Crippen LogP contribution in [0.25, 0.3) is 0 Å². The third kappa shape index (κ3) is 4.07. The van der Waals surface area contributed by atoms with Crippen LogP contribution >= 0.6 is 0 Å². The normalized spacial score (nSPS) is 40.2. The van der Waals surface area contributed by atoms with E-state index in [1.54, 1.807) is 7.11 Å². The first-order chi connectivity index (χ1) is 13.2. The van der Waals surface area contributed by atoms with Crippen molar-refractivity contribution in [2.45, 2.75) is 89.1 Å². The number of methoxy groups -OCH3 is 1. The van der Waals surface area contributed by atoms with Gasteiger partial charge in [0.25, 0.3) is 0 Å². The molecule has 0 spiro atoms. The molecule has 3 nitrogen and oxygen atoms in total. The van der Waals surface area contributed by atoms with E-state index in [4.69, 9.17) is 4.74 Å². The Balaban J connectivity index is 1.37. The van der Waals surface area contributed by atoms with Gasteiger partial charge < -0.3 is 4.74 Å². The Labute approximate surface area is 165 Å². The largest absolute Gasteiger partial charge is 0.469 e. The zero-order valence-corrected chi connectivity index (χ0v) is 17.3. The van der Waals surface area contributed by atoms with Gasteiger partial charge in [0.15, 0.2) is 0 Å². The van der Waals surface area contributed by atoms with Crippen LogP contribution in [-0.2, 0) is 9.53 Å². The summed E-state index contributed by atoms with van der Waals surface area (Å²) >= 11 is 0. The summed E-state index contributed by atoms with van der Waals surface area (Å²) < 4.78 is 5.25. The fraction of sp³-hybridized carbons (Fsp3) is 0.875. The summed E-state index contributed by atoms with van der Waals surface area (Å²) in [5.74, 6) is 9.89. The maximum Gasteiger partial charge on any atom is 0.310 e. The Hall–Kier alpha value is -1.01. The van der Waals surface area contributed by atoms with Crippen molar-refractivity contribution >= 4 is 5.97 Å². The van der Waals surface area contributed by atoms with Crippen molar-refractivity contribution in [3.05, 3.63) is 0 Å². The lowest BCUT2D eigenvalue weighted by Gasteiger charge is -2.46. The van der Waals surface area contributed by atoms with Gasteiger partial charge in [-0.2, -0.15) is 0 Å². The number of carbonyl (C=O) groups is 1. The minimum Gasteiger partial charge on any atom is -0.469 e. The van der Waals surface area contributed by atoms with E-state index in [0.29, 0.717) is 35.8 Å². The second kappa shape index (κ2) is 8.56. The number of hydrogen-bond acceptors (Lipinski definition) is 3. The summed E-state index contributed by atoms with van der Waals surface area (Å²) in [6, 6.07) is 1.09. The first-order valence-corrected chi connectivity index (χ1v) is 11.5. The number of nitrogens with zero attached hydrogens (tertiary/aromatic N) is 1. The zero-order valence-electron chi connectivity index (χ0n) is 17.3. The molecule has 4 rings (SSSR count). The lowest BCUT2D eigenvalue weighted by molar-refractivity contribution is -0.154. The Morgan fingerprint density at radius 3 is 2.22 bits per heavy atom. The van der Waals surface area contributed by atoms with Gasteiger partial charge in [0, 0.05) is 23.9 Å². The van der Waals surface area contributed by atoms with Gasteiger partial charge in [-0.3, -0.25) is 9.69 Å². The van der Waals surface area contributed by atoms with Crippen LogP contribution in [0.5, 0.6) is 0 Å². The molecule has 4 aliphatic rings. The number of fused-ring (bicyclic) bond motifs is 2. The van der Waals surface area contributed by atoms with Gasteiger partial charge in [0.05, 0.1) is 13.0 Å². The summed E-state index contributed by atoms with van der Waals surface area (Å²) in [5.41, 5.74) is 0. The van der Waals surface area contributed by atoms with E-state index in [2.05, 4.69) is 23.8 Å². The Kier molecular flexibility index (Phi) is 6.12. The molecule has 0 N–H and O–H groups in total. The van der Waals surface area contributed by atoms with Crippen molar-refractivity contribution < 1.29 is 9.53 Å². The Morgan fingerprint density at radius 1 is 0.889 bits per heavy atom. The molecular formula is C24H37NO2. The van der Waals surface area contributed by atoms with Crippen molar-refractivity contribution in [3.8, 4) is 11.8 Å². The third-order valence-corrected chi connectivity index (χ3v) is 8.26. The molecule has 0 aromatic rings. The molecule has 2 heterocycles. The highest BCUT2D eigenvalue weighted by Crippen LogP contribution is 2.48. The molecule has 2 saturated carbocycles. The van der Waals surface area contributed by atoms with Crippen molar-refractivity contribution in [2.24, 2.45) is 29.6 Å². The van der Waals surface area contributed by atoms with Crippen LogP contribution in [0.4, 0.5) is 0 Å². The summed E-state index contributed by atoms with van der Waals surface area (Å²) in [5, 5.41) is 0. The lowest BCUT2D eigenvalue weighted by Crippen LogP contribution is -2.52. The van der Waals surface area contributed by atoms with Gasteiger partial charge in [0.1, 0.15) is 0 Å². The molecule has 4 atom stereocenters. The summed E-state index contributed by atoms with van der Waals surface area (Å²) in [4.78, 5) is 15.1. The van der Waals surface area contributed by atoms with Gasteiger partial charge in [-0.15, -0.1) is 0 Å². The van der Waals surface area contributed by atoms with Gasteiger partial charge >= 0.3 is 5.97 Å². The second-order valence-electron chi connectivity index (χ2n) is 9.65. The van der Waals surface area contributed by atoms with Crippen molar-refractivity contribution in [2.75, 3.05) is 14.2 Å². The smallest absolute Gasteiger partial charge is 0.310 e. The van der Waals surface area contributed by atoms with Gasteiger partial charge in [-0.1, -0.05) is 31.1 Å². The highest BCUT2D eigenvalue weighted by molar-refractivity contribution is 5.74. The lowest BCUT2D eigenvalue weighted by atomic mass is 9.67. The molecule has 2 aliphatic carbocycles. The van der Waals surface area contributed by atoms with Crippen molar-refractivity contribution in [3.63, 3.8) is 0 Å². The number of carbonyl (C=O) groups excluding carboxylic acids is 1. The first-order valence-electron chi connectivity index (χ1n) is 11.5. The molecule has 4 unspecified atom stereocenters. The molecule has 0 aromatic carbocycles. The Morgan fingerprint density at radius 2 is 1.56 bits per heavy atom. The molecule has 4 fully saturated rings. The predicted octanol–water partition coefficient (Wildman–Crippen LogP) is 4.65. The molecule has 2 saturated heterocycles. The molecule has 0 aromatic heterocycles. The van der Waals surface area contributed by atoms with E-state index in [-0.39, 0.29) is 11.9 Å². The van der Waals surface area contributed by atoms with E-state index >= 15 is 0 Å². The monoisotopic (exact) mass is 371 g/mol. The number of esters is 1. The first kappa shape index (κ1) is 19.3. The van der Waals surface area contributed by atoms with Gasteiger partial charge in [-0.25, -0.2) is 0 Å². The second-order valence-corrected chi connectivity index (χ2v) is 9.65. The fourth-order valence-electron chi connectivity index (χ4n) is 6.63. The topological polar surface area (TPSA) is 29.5 Å². The zero-order chi connectivity index (χ0) is 18.8. The van der Waals surface area contributed by atoms with E-state index in [1.165, 1.54) is 77.0 Å². The summed E-state index contributed by atoms with van der Waals surface area (Å²) in [6.45, 7) is 0.